The third-order valence-corrected chi connectivity index (χ3v) is 9.58. The summed E-state index contributed by atoms with van der Waals surface area (Å²) in [6.07, 6.45) is -2.69. The van der Waals surface area contributed by atoms with E-state index in [0.717, 1.165) is 69.9 Å². The normalized spacial score (nSPS) is 21.9. The largest absolute Gasteiger partial charge is 0.416 e. The number of likely N-dealkylation sites (N-methyl/N-ethyl adjacent to an activating group) is 1. The molecule has 0 radical (unpaired) electrons. The lowest BCUT2D eigenvalue weighted by Gasteiger charge is -2.44. The highest BCUT2D eigenvalue weighted by molar-refractivity contribution is 6.04. The number of hydrogen-bond donors (Lipinski definition) is 1. The Morgan fingerprint density at radius 1 is 0.844 bits per heavy atom. The molecule has 3 aromatic carbocycles. The number of anilines is 2. The maximum Gasteiger partial charge on any atom is 0.416 e. The first-order valence-corrected chi connectivity index (χ1v) is 15.7. The van der Waals surface area contributed by atoms with Crippen LogP contribution >= 0.6 is 0 Å². The van der Waals surface area contributed by atoms with Crippen LogP contribution in [0.3, 0.4) is 0 Å². The lowest BCUT2D eigenvalue weighted by Crippen LogP contribution is -2.48. The highest BCUT2D eigenvalue weighted by Crippen LogP contribution is 2.45. The molecule has 3 aliphatic rings. The van der Waals surface area contributed by atoms with E-state index < -0.39 is 23.7 Å². The SMILES string of the molecule is CN1CCC(CN2C(=O)c3ccccc3[C@H](C(=O)Nc3cccc(N4CCN(C)CC4)c3)[C@H]2c2ccc(C(F)(F)F)cc2)CC1. The topological polar surface area (TPSA) is 59.1 Å². The van der Waals surface area contributed by atoms with Gasteiger partial charge in [0.15, 0.2) is 0 Å². The molecule has 0 saturated carbocycles. The number of alkyl halides is 3. The van der Waals surface area contributed by atoms with Crippen molar-refractivity contribution in [2.75, 3.05) is 70.1 Å². The number of likely N-dealkylation sites (tertiary alicyclic amines) is 1. The van der Waals surface area contributed by atoms with Crippen molar-refractivity contribution < 1.29 is 22.8 Å². The van der Waals surface area contributed by atoms with Gasteiger partial charge in [0.25, 0.3) is 5.91 Å². The van der Waals surface area contributed by atoms with Crippen molar-refractivity contribution in [3.05, 3.63) is 95.1 Å². The number of amides is 2. The fraction of sp³-hybridized carbons (Fsp3) is 0.429. The van der Waals surface area contributed by atoms with Crippen LogP contribution in [-0.2, 0) is 11.0 Å². The lowest BCUT2D eigenvalue weighted by molar-refractivity contribution is -0.137. The average Bonchev–Trinajstić information content (AvgIpc) is 3.03. The number of nitrogens with one attached hydrogen (secondary N) is 1. The number of piperazine rings is 1. The molecule has 0 aliphatic carbocycles. The molecule has 0 aromatic heterocycles. The highest BCUT2D eigenvalue weighted by atomic mass is 19.4. The van der Waals surface area contributed by atoms with Crippen LogP contribution in [0, 0.1) is 5.92 Å². The van der Waals surface area contributed by atoms with Crippen LogP contribution in [0.5, 0.6) is 0 Å². The van der Waals surface area contributed by atoms with Crippen molar-refractivity contribution in [1.29, 1.82) is 0 Å². The lowest BCUT2D eigenvalue weighted by atomic mass is 9.78. The molecule has 2 amide bonds. The Morgan fingerprint density at radius 3 is 2.20 bits per heavy atom. The van der Waals surface area contributed by atoms with Crippen molar-refractivity contribution in [1.82, 2.24) is 14.7 Å². The third kappa shape index (κ3) is 6.72. The smallest absolute Gasteiger partial charge is 0.369 e. The number of benzene rings is 3. The minimum atomic E-state index is -4.49. The van der Waals surface area contributed by atoms with Gasteiger partial charge in [-0.15, -0.1) is 0 Å². The molecular weight excluding hydrogens is 579 g/mol. The molecule has 0 unspecified atom stereocenters. The first-order chi connectivity index (χ1) is 21.6. The molecule has 10 heteroatoms. The number of carbonyl (C=O) groups is 2. The third-order valence-electron chi connectivity index (χ3n) is 9.58. The van der Waals surface area contributed by atoms with Gasteiger partial charge in [-0.3, -0.25) is 9.59 Å². The molecule has 0 spiro atoms. The molecule has 6 rings (SSSR count). The van der Waals surface area contributed by atoms with Crippen molar-refractivity contribution in [2.45, 2.75) is 31.0 Å². The average molecular weight is 620 g/mol. The van der Waals surface area contributed by atoms with E-state index in [1.807, 2.05) is 24.3 Å². The van der Waals surface area contributed by atoms with E-state index in [1.165, 1.54) is 12.1 Å². The van der Waals surface area contributed by atoms with E-state index in [1.54, 1.807) is 29.2 Å². The first kappa shape index (κ1) is 31.1. The van der Waals surface area contributed by atoms with Gasteiger partial charge >= 0.3 is 6.18 Å². The van der Waals surface area contributed by atoms with Crippen LogP contribution in [0.2, 0.25) is 0 Å². The van der Waals surface area contributed by atoms with Gasteiger partial charge in [0.05, 0.1) is 17.5 Å². The molecule has 2 atom stereocenters. The predicted molar refractivity (Wildman–Crippen MR) is 169 cm³/mol. The van der Waals surface area contributed by atoms with E-state index >= 15 is 0 Å². The Labute approximate surface area is 262 Å². The molecule has 3 aliphatic heterocycles. The first-order valence-electron chi connectivity index (χ1n) is 15.7. The number of piperidine rings is 1. The van der Waals surface area contributed by atoms with Crippen molar-refractivity contribution >= 4 is 23.2 Å². The Bertz CT molecular complexity index is 1510. The molecule has 7 nitrogen and oxygen atoms in total. The minimum absolute atomic E-state index is 0.199. The van der Waals surface area contributed by atoms with Gasteiger partial charge in [-0.05, 0) is 93.5 Å². The van der Waals surface area contributed by atoms with Gasteiger partial charge in [-0.25, -0.2) is 0 Å². The molecule has 3 aromatic rings. The molecular formula is C35H40F3N5O2. The number of hydrogen-bond acceptors (Lipinski definition) is 5. The Hall–Kier alpha value is -3.89. The van der Waals surface area contributed by atoms with Crippen LogP contribution < -0.4 is 10.2 Å². The predicted octanol–water partition coefficient (Wildman–Crippen LogP) is 5.72. The molecule has 2 fully saturated rings. The number of fused-ring (bicyclic) bond motifs is 1. The summed E-state index contributed by atoms with van der Waals surface area (Å²) in [4.78, 5) is 37.1. The summed E-state index contributed by atoms with van der Waals surface area (Å²) < 4.78 is 40.6. The zero-order valence-corrected chi connectivity index (χ0v) is 25.8. The number of rotatable bonds is 6. The highest BCUT2D eigenvalue weighted by Gasteiger charge is 2.45. The number of nitrogens with zero attached hydrogens (tertiary/aromatic N) is 4. The number of halogens is 3. The summed E-state index contributed by atoms with van der Waals surface area (Å²) >= 11 is 0. The molecule has 238 valence electrons. The summed E-state index contributed by atoms with van der Waals surface area (Å²) in [5.74, 6) is -1.11. The summed E-state index contributed by atoms with van der Waals surface area (Å²) in [6, 6.07) is 19.1. The Balaban J connectivity index is 1.37. The monoisotopic (exact) mass is 619 g/mol. The van der Waals surface area contributed by atoms with Crippen LogP contribution in [0.15, 0.2) is 72.8 Å². The summed E-state index contributed by atoms with van der Waals surface area (Å²) in [5.41, 5.74) is 2.43. The summed E-state index contributed by atoms with van der Waals surface area (Å²) in [7, 11) is 4.17. The van der Waals surface area contributed by atoms with E-state index in [9.17, 15) is 22.8 Å². The van der Waals surface area contributed by atoms with Crippen molar-refractivity contribution in [3.8, 4) is 0 Å². The van der Waals surface area contributed by atoms with Crippen LogP contribution in [-0.4, -0.2) is 86.4 Å². The van der Waals surface area contributed by atoms with Gasteiger partial charge in [0, 0.05) is 49.7 Å². The van der Waals surface area contributed by atoms with Crippen molar-refractivity contribution in [2.24, 2.45) is 5.92 Å². The van der Waals surface area contributed by atoms with E-state index in [0.29, 0.717) is 28.9 Å². The van der Waals surface area contributed by atoms with Crippen LogP contribution in [0.4, 0.5) is 24.5 Å². The minimum Gasteiger partial charge on any atom is -0.369 e. The number of carbonyl (C=O) groups excluding carboxylic acids is 2. The quantitative estimate of drug-likeness (QED) is 0.383. The molecule has 0 bridgehead atoms. The fourth-order valence-corrected chi connectivity index (χ4v) is 6.90. The maximum atomic E-state index is 14.4. The van der Waals surface area contributed by atoms with E-state index in [2.05, 4.69) is 34.1 Å². The molecule has 45 heavy (non-hydrogen) atoms. The molecule has 1 N–H and O–H groups in total. The van der Waals surface area contributed by atoms with Gasteiger partial charge in [-0.1, -0.05) is 36.4 Å². The molecule has 2 saturated heterocycles. The zero-order chi connectivity index (χ0) is 31.7. The van der Waals surface area contributed by atoms with Gasteiger partial charge < -0.3 is 24.9 Å². The van der Waals surface area contributed by atoms with Crippen LogP contribution in [0.1, 0.15) is 51.8 Å². The molecule has 3 heterocycles. The van der Waals surface area contributed by atoms with E-state index in [4.69, 9.17) is 0 Å². The fourth-order valence-electron chi connectivity index (χ4n) is 6.90. The second-order valence-corrected chi connectivity index (χ2v) is 12.7. The Kier molecular flexibility index (Phi) is 8.88. The second-order valence-electron chi connectivity index (χ2n) is 12.7. The van der Waals surface area contributed by atoms with E-state index in [-0.39, 0.29) is 17.7 Å². The maximum absolute atomic E-state index is 14.4. The van der Waals surface area contributed by atoms with Gasteiger partial charge in [-0.2, -0.15) is 13.2 Å². The van der Waals surface area contributed by atoms with Crippen molar-refractivity contribution in [3.63, 3.8) is 0 Å². The van der Waals surface area contributed by atoms with Gasteiger partial charge in [0.2, 0.25) is 5.91 Å². The standard InChI is InChI=1S/C35H40F3N5O2/c1-40-16-14-24(15-17-40)23-43-32(25-10-12-26(13-11-25)35(36,37)38)31(29-8-3-4-9-30(29)34(43)45)33(44)39-27-6-5-7-28(22-27)42-20-18-41(2)19-21-42/h3-13,22,24,31-32H,14-21,23H2,1-2H3,(H,39,44)/t31-,32+/m0/s1. The summed E-state index contributed by atoms with van der Waals surface area (Å²) in [5, 5.41) is 3.12. The zero-order valence-electron chi connectivity index (χ0n) is 25.8. The second kappa shape index (κ2) is 12.8. The van der Waals surface area contributed by atoms with Gasteiger partial charge in [0.1, 0.15) is 0 Å². The van der Waals surface area contributed by atoms with Crippen LogP contribution in [0.25, 0.3) is 0 Å². The Morgan fingerprint density at radius 2 is 1.51 bits per heavy atom. The summed E-state index contributed by atoms with van der Waals surface area (Å²) in [6.45, 7) is 5.90.